The van der Waals surface area contributed by atoms with E-state index in [-0.39, 0.29) is 28.7 Å². The topological polar surface area (TPSA) is 90.0 Å². The van der Waals surface area contributed by atoms with Crippen molar-refractivity contribution in [3.63, 3.8) is 0 Å². The van der Waals surface area contributed by atoms with Crippen LogP contribution < -0.4 is 16.6 Å². The van der Waals surface area contributed by atoms with Gasteiger partial charge in [-0.1, -0.05) is 54.6 Å². The fourth-order valence-corrected chi connectivity index (χ4v) is 4.65. The molecule has 1 aliphatic carbocycles. The maximum atomic E-state index is 12.2. The van der Waals surface area contributed by atoms with E-state index in [1.165, 1.54) is 22.6 Å². The van der Waals surface area contributed by atoms with Crippen molar-refractivity contribution >= 4 is 11.9 Å². The molecule has 0 spiro atoms. The smallest absolute Gasteiger partial charge is 0.254 e. The normalized spacial score (nSPS) is 19.2. The van der Waals surface area contributed by atoms with Gasteiger partial charge >= 0.3 is 0 Å². The van der Waals surface area contributed by atoms with Crippen molar-refractivity contribution < 1.29 is 4.79 Å². The number of benzene rings is 2. The number of aromatic nitrogens is 2. The monoisotopic (exact) mass is 442 g/mol. The Morgan fingerprint density at radius 3 is 2.67 bits per heavy atom. The number of nitrogen functional groups attached to an aromatic ring is 1. The minimum atomic E-state index is -0.134. The zero-order chi connectivity index (χ0) is 23.6. The number of hydrogen-bond donors (Lipinski definition) is 2. The number of carbonyl (C=O) groups is 1. The Bertz CT molecular complexity index is 1250. The minimum Gasteiger partial charge on any atom is -0.369 e. The van der Waals surface area contributed by atoms with E-state index in [0.29, 0.717) is 6.54 Å². The molecule has 2 atom stereocenters. The Kier molecular flexibility index (Phi) is 6.18. The summed E-state index contributed by atoms with van der Waals surface area (Å²) in [6, 6.07) is 18.6. The molecule has 1 aromatic heterocycles. The minimum absolute atomic E-state index is 0.0117. The third-order valence-corrected chi connectivity index (χ3v) is 6.64. The van der Waals surface area contributed by atoms with Crippen LogP contribution in [0.1, 0.15) is 42.5 Å². The van der Waals surface area contributed by atoms with Crippen LogP contribution in [0.2, 0.25) is 0 Å². The molecule has 6 heteroatoms. The fourth-order valence-electron chi connectivity index (χ4n) is 4.65. The van der Waals surface area contributed by atoms with Crippen LogP contribution in [0.3, 0.4) is 0 Å². The van der Waals surface area contributed by atoms with E-state index in [2.05, 4.69) is 65.4 Å². The molecular weight excluding hydrogens is 412 g/mol. The number of carbonyl (C=O) groups excluding carboxylic acids is 1. The first kappa shape index (κ1) is 22.5. The van der Waals surface area contributed by atoms with Gasteiger partial charge in [-0.3, -0.25) is 14.2 Å². The van der Waals surface area contributed by atoms with Crippen molar-refractivity contribution in [3.05, 3.63) is 94.4 Å². The number of anilines is 1. The number of allylic oxidation sites excluding steroid dienone is 1. The molecule has 0 saturated heterocycles. The summed E-state index contributed by atoms with van der Waals surface area (Å²) in [7, 11) is 1.63. The van der Waals surface area contributed by atoms with Gasteiger partial charge in [-0.25, -0.2) is 4.98 Å². The van der Waals surface area contributed by atoms with Gasteiger partial charge < -0.3 is 11.1 Å². The SMILES string of the molecule is C=CCC1(c2ccc(-c3cccc(CCNC(C)=O)c3)cc2)CC1c1cc(=O)n(C)c(N)n1. The van der Waals surface area contributed by atoms with Crippen molar-refractivity contribution in [1.29, 1.82) is 0 Å². The van der Waals surface area contributed by atoms with Gasteiger partial charge in [-0.05, 0) is 41.5 Å². The molecule has 1 saturated carbocycles. The quantitative estimate of drug-likeness (QED) is 0.521. The van der Waals surface area contributed by atoms with E-state index >= 15 is 0 Å². The van der Waals surface area contributed by atoms with E-state index in [4.69, 9.17) is 5.73 Å². The first-order chi connectivity index (χ1) is 15.8. The maximum Gasteiger partial charge on any atom is 0.254 e. The van der Waals surface area contributed by atoms with Crippen LogP contribution in [0.4, 0.5) is 5.95 Å². The molecule has 3 aromatic rings. The van der Waals surface area contributed by atoms with Crippen LogP contribution in [-0.4, -0.2) is 22.0 Å². The molecule has 3 N–H and O–H groups in total. The molecule has 0 aliphatic heterocycles. The van der Waals surface area contributed by atoms with Gasteiger partial charge in [0.1, 0.15) is 0 Å². The molecule has 1 heterocycles. The van der Waals surface area contributed by atoms with Crippen LogP contribution in [0.5, 0.6) is 0 Å². The van der Waals surface area contributed by atoms with Gasteiger partial charge in [-0.15, -0.1) is 6.58 Å². The van der Waals surface area contributed by atoms with Gasteiger partial charge in [0.05, 0.1) is 5.69 Å². The van der Waals surface area contributed by atoms with Crippen molar-refractivity contribution in [2.75, 3.05) is 12.3 Å². The highest BCUT2D eigenvalue weighted by molar-refractivity contribution is 5.72. The van der Waals surface area contributed by atoms with Gasteiger partial charge in [0.15, 0.2) is 0 Å². The Morgan fingerprint density at radius 2 is 2.00 bits per heavy atom. The lowest BCUT2D eigenvalue weighted by atomic mass is 9.87. The summed E-state index contributed by atoms with van der Waals surface area (Å²) in [5, 5.41) is 2.84. The number of nitrogens with zero attached hydrogens (tertiary/aromatic N) is 2. The highest BCUT2D eigenvalue weighted by atomic mass is 16.1. The van der Waals surface area contributed by atoms with Gasteiger partial charge in [0.25, 0.3) is 5.56 Å². The fraction of sp³-hybridized carbons (Fsp3) is 0.296. The van der Waals surface area contributed by atoms with Gasteiger partial charge in [-0.2, -0.15) is 0 Å². The summed E-state index contributed by atoms with van der Waals surface area (Å²) in [4.78, 5) is 27.8. The number of nitrogens with two attached hydrogens (primary N) is 1. The Hall–Kier alpha value is -3.67. The molecule has 1 fully saturated rings. The Morgan fingerprint density at radius 1 is 1.24 bits per heavy atom. The average Bonchev–Trinajstić information content (AvgIpc) is 3.53. The lowest BCUT2D eigenvalue weighted by molar-refractivity contribution is -0.118. The van der Waals surface area contributed by atoms with Crippen molar-refractivity contribution in [2.45, 2.75) is 37.5 Å². The van der Waals surface area contributed by atoms with E-state index in [0.717, 1.165) is 36.1 Å². The summed E-state index contributed by atoms with van der Waals surface area (Å²) in [5.74, 6) is 0.377. The third kappa shape index (κ3) is 4.60. The second-order valence-electron chi connectivity index (χ2n) is 8.85. The zero-order valence-electron chi connectivity index (χ0n) is 19.2. The summed E-state index contributed by atoms with van der Waals surface area (Å²) in [6.45, 7) is 6.12. The summed E-state index contributed by atoms with van der Waals surface area (Å²) in [5.41, 5.74) is 11.2. The largest absolute Gasteiger partial charge is 0.369 e. The first-order valence-corrected chi connectivity index (χ1v) is 11.2. The van der Waals surface area contributed by atoms with Crippen LogP contribution in [0.25, 0.3) is 11.1 Å². The zero-order valence-corrected chi connectivity index (χ0v) is 19.2. The molecule has 2 aromatic carbocycles. The van der Waals surface area contributed by atoms with Crippen molar-refractivity contribution in [1.82, 2.24) is 14.9 Å². The second kappa shape index (κ2) is 9.06. The van der Waals surface area contributed by atoms with E-state index in [1.807, 2.05) is 6.08 Å². The molecular formula is C27H30N4O2. The number of hydrogen-bond acceptors (Lipinski definition) is 4. The van der Waals surface area contributed by atoms with Gasteiger partial charge in [0.2, 0.25) is 11.9 Å². The molecule has 1 aliphatic rings. The van der Waals surface area contributed by atoms with Crippen LogP contribution in [0, 0.1) is 0 Å². The van der Waals surface area contributed by atoms with Crippen molar-refractivity contribution in [3.8, 4) is 11.1 Å². The standard InChI is InChI=1S/C27H30N4O2/c1-4-13-27(17-23(27)24-16-25(33)31(3)26(28)30-24)22-10-8-20(9-11-22)21-7-5-6-19(15-21)12-14-29-18(2)32/h4-11,15-16,23H,1,12-14,17H2,2-3H3,(H2,28,30)(H,29,32). The lowest BCUT2D eigenvalue weighted by Gasteiger charge is -2.17. The van der Waals surface area contributed by atoms with E-state index < -0.39 is 0 Å². The average molecular weight is 443 g/mol. The molecule has 2 unspecified atom stereocenters. The highest BCUT2D eigenvalue weighted by Crippen LogP contribution is 2.62. The molecule has 4 rings (SSSR count). The van der Waals surface area contributed by atoms with E-state index in [1.54, 1.807) is 13.1 Å². The first-order valence-electron chi connectivity index (χ1n) is 11.2. The predicted octanol–water partition coefficient (Wildman–Crippen LogP) is 3.71. The second-order valence-corrected chi connectivity index (χ2v) is 8.85. The summed E-state index contributed by atoms with van der Waals surface area (Å²) in [6.07, 6.45) is 4.46. The predicted molar refractivity (Wildman–Crippen MR) is 132 cm³/mol. The van der Waals surface area contributed by atoms with E-state index in [9.17, 15) is 9.59 Å². The Labute approximate surface area is 194 Å². The van der Waals surface area contributed by atoms with Crippen LogP contribution in [0.15, 0.2) is 72.0 Å². The Balaban J connectivity index is 1.56. The number of rotatable bonds is 8. The molecule has 0 bridgehead atoms. The summed E-state index contributed by atoms with van der Waals surface area (Å²) < 4.78 is 1.36. The number of amides is 1. The third-order valence-electron chi connectivity index (χ3n) is 6.64. The molecule has 6 nitrogen and oxygen atoms in total. The molecule has 33 heavy (non-hydrogen) atoms. The lowest BCUT2D eigenvalue weighted by Crippen LogP contribution is -2.22. The van der Waals surface area contributed by atoms with Crippen molar-refractivity contribution in [2.24, 2.45) is 7.05 Å². The molecule has 1 amide bonds. The molecule has 0 radical (unpaired) electrons. The van der Waals surface area contributed by atoms with Crippen LogP contribution in [-0.2, 0) is 23.7 Å². The maximum absolute atomic E-state index is 12.2. The number of nitrogens with one attached hydrogen (secondary N) is 1. The highest BCUT2D eigenvalue weighted by Gasteiger charge is 2.55. The van der Waals surface area contributed by atoms with Gasteiger partial charge in [0, 0.05) is 37.9 Å². The summed E-state index contributed by atoms with van der Waals surface area (Å²) >= 11 is 0. The van der Waals surface area contributed by atoms with Crippen LogP contribution >= 0.6 is 0 Å². The molecule has 170 valence electrons.